The van der Waals surface area contributed by atoms with Crippen LogP contribution in [0.4, 0.5) is 11.4 Å². The summed E-state index contributed by atoms with van der Waals surface area (Å²) in [6, 6.07) is 51.5. The molecule has 0 amide bonds. The summed E-state index contributed by atoms with van der Waals surface area (Å²) < 4.78 is 0. The van der Waals surface area contributed by atoms with Gasteiger partial charge in [0.1, 0.15) is 0 Å². The molecule has 0 spiro atoms. The molecule has 35 heavy (non-hydrogen) atoms. The molecule has 0 bridgehead atoms. The van der Waals surface area contributed by atoms with E-state index < -0.39 is 0 Å². The number of nitrogens with one attached hydrogen (secondary N) is 1. The quantitative estimate of drug-likeness (QED) is 0.277. The fraction of sp³-hybridized carbons (Fsp3) is 0. The molecule has 0 aromatic heterocycles. The number of hydrogen-bond acceptors (Lipinski definition) is 1. The predicted octanol–water partition coefficient (Wildman–Crippen LogP) is 9.58. The first-order valence-electron chi connectivity index (χ1n) is 12.0. The Morgan fingerprint density at radius 2 is 0.943 bits per heavy atom. The van der Waals surface area contributed by atoms with Crippen LogP contribution in [0.2, 0.25) is 0 Å². The highest BCUT2D eigenvalue weighted by Crippen LogP contribution is 2.37. The van der Waals surface area contributed by atoms with E-state index in [1.54, 1.807) is 0 Å². The largest absolute Gasteiger partial charge is 0.355 e. The number of para-hydroxylation sites is 1. The van der Waals surface area contributed by atoms with Crippen molar-refractivity contribution in [1.82, 2.24) is 0 Å². The van der Waals surface area contributed by atoms with Gasteiger partial charge in [-0.25, -0.2) is 0 Å². The molecule has 1 nitrogen and oxygen atoms in total. The van der Waals surface area contributed by atoms with Crippen LogP contribution >= 0.6 is 0 Å². The van der Waals surface area contributed by atoms with Gasteiger partial charge in [-0.3, -0.25) is 0 Å². The Bertz CT molecular complexity index is 1600. The molecule has 0 radical (unpaired) electrons. The molecule has 0 fully saturated rings. The van der Waals surface area contributed by atoms with Gasteiger partial charge < -0.3 is 5.32 Å². The second kappa shape index (κ2) is 9.32. The maximum absolute atomic E-state index is 3.66. The second-order valence-corrected chi connectivity index (χ2v) is 8.72. The van der Waals surface area contributed by atoms with E-state index in [1.807, 2.05) is 0 Å². The van der Waals surface area contributed by atoms with Crippen molar-refractivity contribution >= 4 is 22.1 Å². The van der Waals surface area contributed by atoms with Crippen LogP contribution in [0, 0.1) is 0 Å². The lowest BCUT2D eigenvalue weighted by atomic mass is 9.93. The molecule has 0 saturated heterocycles. The van der Waals surface area contributed by atoms with Crippen LogP contribution in [0.15, 0.2) is 146 Å². The van der Waals surface area contributed by atoms with Gasteiger partial charge in [0.2, 0.25) is 0 Å². The fourth-order valence-electron chi connectivity index (χ4n) is 4.68. The molecule has 0 aliphatic heterocycles. The third-order valence-corrected chi connectivity index (χ3v) is 6.48. The lowest BCUT2D eigenvalue weighted by Gasteiger charge is -2.16. The molecule has 0 aliphatic carbocycles. The summed E-state index contributed by atoms with van der Waals surface area (Å²) in [7, 11) is 0. The number of anilines is 2. The minimum absolute atomic E-state index is 1.07. The van der Waals surface area contributed by atoms with Crippen LogP contribution in [-0.4, -0.2) is 0 Å². The first-order chi connectivity index (χ1) is 17.3. The van der Waals surface area contributed by atoms with E-state index in [2.05, 4.69) is 151 Å². The topological polar surface area (TPSA) is 12.0 Å². The maximum atomic E-state index is 3.66. The minimum atomic E-state index is 1.07. The molecule has 1 heteroatoms. The predicted molar refractivity (Wildman–Crippen MR) is 150 cm³/mol. The average molecular weight is 448 g/mol. The van der Waals surface area contributed by atoms with Gasteiger partial charge in [-0.15, -0.1) is 0 Å². The lowest BCUT2D eigenvalue weighted by Crippen LogP contribution is -1.94. The number of benzene rings is 6. The highest BCUT2D eigenvalue weighted by molar-refractivity contribution is 5.91. The molecule has 6 rings (SSSR count). The van der Waals surface area contributed by atoms with Crippen LogP contribution in [-0.2, 0) is 0 Å². The summed E-state index contributed by atoms with van der Waals surface area (Å²) in [4.78, 5) is 0. The van der Waals surface area contributed by atoms with Crippen molar-refractivity contribution < 1.29 is 0 Å². The van der Waals surface area contributed by atoms with Gasteiger partial charge in [0.15, 0.2) is 0 Å². The zero-order valence-electron chi connectivity index (χ0n) is 19.4. The Morgan fingerprint density at radius 1 is 0.343 bits per heavy atom. The fourth-order valence-corrected chi connectivity index (χ4v) is 4.68. The van der Waals surface area contributed by atoms with Gasteiger partial charge in [0.25, 0.3) is 0 Å². The van der Waals surface area contributed by atoms with Crippen molar-refractivity contribution in [2.45, 2.75) is 0 Å². The number of hydrogen-bond donors (Lipinski definition) is 1. The van der Waals surface area contributed by atoms with Crippen LogP contribution in [0.1, 0.15) is 0 Å². The molecule has 0 unspecified atom stereocenters. The highest BCUT2D eigenvalue weighted by Gasteiger charge is 2.11. The molecule has 1 N–H and O–H groups in total. The normalized spacial score (nSPS) is 10.9. The molecule has 0 aliphatic rings. The SMILES string of the molecule is c1ccc(-c2ccccc2-c2ccccc2Nc2ccc(-c3ccc4ccccc4c3)cc2)cc1. The Hall–Kier alpha value is -4.62. The van der Waals surface area contributed by atoms with Crippen LogP contribution in [0.5, 0.6) is 0 Å². The first kappa shape index (κ1) is 20.9. The van der Waals surface area contributed by atoms with Crippen molar-refractivity contribution in [2.24, 2.45) is 0 Å². The smallest absolute Gasteiger partial charge is 0.0464 e. The molecule has 0 saturated carbocycles. The van der Waals surface area contributed by atoms with E-state index >= 15 is 0 Å². The molecule has 166 valence electrons. The van der Waals surface area contributed by atoms with Gasteiger partial charge in [0, 0.05) is 16.9 Å². The monoisotopic (exact) mass is 447 g/mol. The number of fused-ring (bicyclic) bond motifs is 1. The standard InChI is InChI=1S/C34H25N/c1-2-11-27(12-3-1)31-14-6-7-15-32(31)33-16-8-9-17-34(33)35-30-22-20-26(21-23-30)29-19-18-25-10-4-5-13-28(25)24-29/h1-24,35H. The van der Waals surface area contributed by atoms with Crippen molar-refractivity contribution in [3.63, 3.8) is 0 Å². The highest BCUT2D eigenvalue weighted by atomic mass is 14.9. The third-order valence-electron chi connectivity index (χ3n) is 6.48. The van der Waals surface area contributed by atoms with Crippen molar-refractivity contribution in [1.29, 1.82) is 0 Å². The maximum Gasteiger partial charge on any atom is 0.0464 e. The summed E-state index contributed by atoms with van der Waals surface area (Å²) in [5.41, 5.74) is 9.46. The van der Waals surface area contributed by atoms with Crippen molar-refractivity contribution in [2.75, 3.05) is 5.32 Å². The summed E-state index contributed by atoms with van der Waals surface area (Å²) >= 11 is 0. The first-order valence-corrected chi connectivity index (χ1v) is 12.0. The van der Waals surface area contributed by atoms with Gasteiger partial charge in [-0.05, 0) is 62.9 Å². The Balaban J connectivity index is 1.32. The van der Waals surface area contributed by atoms with Gasteiger partial charge in [0.05, 0.1) is 0 Å². The van der Waals surface area contributed by atoms with Crippen LogP contribution in [0.25, 0.3) is 44.2 Å². The Kier molecular flexibility index (Phi) is 5.58. The third kappa shape index (κ3) is 4.32. The Labute approximate surface area is 206 Å². The van der Waals surface area contributed by atoms with E-state index in [-0.39, 0.29) is 0 Å². The zero-order chi connectivity index (χ0) is 23.5. The minimum Gasteiger partial charge on any atom is -0.355 e. The van der Waals surface area contributed by atoms with E-state index in [9.17, 15) is 0 Å². The van der Waals surface area contributed by atoms with E-state index in [1.165, 1.54) is 44.2 Å². The van der Waals surface area contributed by atoms with Crippen LogP contribution in [0.3, 0.4) is 0 Å². The summed E-state index contributed by atoms with van der Waals surface area (Å²) in [6.07, 6.45) is 0. The average Bonchev–Trinajstić information content (AvgIpc) is 2.94. The van der Waals surface area contributed by atoms with Crippen molar-refractivity contribution in [3.05, 3.63) is 146 Å². The lowest BCUT2D eigenvalue weighted by molar-refractivity contribution is 1.52. The molecular formula is C34H25N. The molecule has 0 heterocycles. The van der Waals surface area contributed by atoms with E-state index in [0.717, 1.165) is 11.4 Å². The molecule has 6 aromatic rings. The van der Waals surface area contributed by atoms with Gasteiger partial charge in [-0.2, -0.15) is 0 Å². The zero-order valence-corrected chi connectivity index (χ0v) is 19.4. The molecule has 6 aromatic carbocycles. The molecular weight excluding hydrogens is 422 g/mol. The Morgan fingerprint density at radius 3 is 1.74 bits per heavy atom. The summed E-state index contributed by atoms with van der Waals surface area (Å²) in [6.45, 7) is 0. The summed E-state index contributed by atoms with van der Waals surface area (Å²) in [5.74, 6) is 0. The number of rotatable bonds is 5. The van der Waals surface area contributed by atoms with Crippen molar-refractivity contribution in [3.8, 4) is 33.4 Å². The summed E-state index contributed by atoms with van der Waals surface area (Å²) in [5, 5.41) is 6.19. The van der Waals surface area contributed by atoms with Gasteiger partial charge >= 0.3 is 0 Å². The molecule has 0 atom stereocenters. The second-order valence-electron chi connectivity index (χ2n) is 8.72. The van der Waals surface area contributed by atoms with E-state index in [0.29, 0.717) is 0 Å². The van der Waals surface area contributed by atoms with Crippen LogP contribution < -0.4 is 5.32 Å². The van der Waals surface area contributed by atoms with E-state index in [4.69, 9.17) is 0 Å². The van der Waals surface area contributed by atoms with Gasteiger partial charge in [-0.1, -0.05) is 121 Å².